The molecule has 0 fully saturated rings. The minimum Gasteiger partial charge on any atom is -0.329 e. The van der Waals surface area contributed by atoms with Crippen LogP contribution < -0.4 is 5.32 Å². The summed E-state index contributed by atoms with van der Waals surface area (Å²) in [6.07, 6.45) is 0.662. The summed E-state index contributed by atoms with van der Waals surface area (Å²) in [5.41, 5.74) is -0.141. The van der Waals surface area contributed by atoms with Crippen molar-refractivity contribution in [3.05, 3.63) is 74.8 Å². The van der Waals surface area contributed by atoms with Crippen molar-refractivity contribution in [1.29, 1.82) is 0 Å². The number of amides is 1. The van der Waals surface area contributed by atoms with Crippen molar-refractivity contribution in [2.45, 2.75) is 0 Å². The van der Waals surface area contributed by atoms with Gasteiger partial charge in [-0.05, 0) is 12.1 Å². The highest BCUT2D eigenvalue weighted by Crippen LogP contribution is 2.24. The van der Waals surface area contributed by atoms with E-state index >= 15 is 0 Å². The van der Waals surface area contributed by atoms with Crippen LogP contribution in [-0.2, 0) is 4.79 Å². The first-order valence-corrected chi connectivity index (χ1v) is 5.69. The van der Waals surface area contributed by atoms with Crippen LogP contribution in [0.2, 0.25) is 0 Å². The van der Waals surface area contributed by atoms with Gasteiger partial charge in [-0.1, -0.05) is 30.3 Å². The van der Waals surface area contributed by atoms with Crippen LogP contribution in [0.4, 0.5) is 17.1 Å². The van der Waals surface area contributed by atoms with Gasteiger partial charge >= 0.3 is 11.4 Å². The molecular weight excluding hydrogens is 278 g/mol. The van der Waals surface area contributed by atoms with Crippen LogP contribution in [0.15, 0.2) is 54.6 Å². The third-order valence-corrected chi connectivity index (χ3v) is 2.27. The highest BCUT2D eigenvalue weighted by atomic mass is 16.6. The molecule has 0 aliphatic carbocycles. The fourth-order valence-corrected chi connectivity index (χ4v) is 1.38. The fraction of sp³-hybridized carbons (Fsp3) is 0. The molecule has 0 unspecified atom stereocenters. The summed E-state index contributed by atoms with van der Waals surface area (Å²) in [7, 11) is 0. The van der Waals surface area contributed by atoms with Crippen LogP contribution in [-0.4, -0.2) is 16.3 Å². The predicted octanol–water partition coefficient (Wildman–Crippen LogP) is 2.76. The number of benzene rings is 2. The van der Waals surface area contributed by atoms with E-state index in [1.807, 2.05) is 30.3 Å². The van der Waals surface area contributed by atoms with Crippen molar-refractivity contribution in [2.24, 2.45) is 0 Å². The van der Waals surface area contributed by atoms with Gasteiger partial charge in [0.05, 0.1) is 9.85 Å². The maximum absolute atomic E-state index is 10.2. The van der Waals surface area contributed by atoms with E-state index in [0.717, 1.165) is 17.8 Å². The highest BCUT2D eigenvalue weighted by molar-refractivity contribution is 5.70. The second kappa shape index (κ2) is 8.00. The summed E-state index contributed by atoms with van der Waals surface area (Å²) in [6.45, 7) is 0. The molecule has 1 N–H and O–H groups in total. The number of carbonyl (C=O) groups is 1. The van der Waals surface area contributed by atoms with E-state index in [2.05, 4.69) is 5.32 Å². The molecule has 0 radical (unpaired) electrons. The molecule has 0 atom stereocenters. The van der Waals surface area contributed by atoms with Crippen molar-refractivity contribution in [3.63, 3.8) is 0 Å². The normalized spacial score (nSPS) is 8.95. The number of hydrogen-bond donors (Lipinski definition) is 1. The molecule has 2 aromatic rings. The third kappa shape index (κ3) is 5.07. The Balaban J connectivity index is 0.000000219. The van der Waals surface area contributed by atoms with Crippen LogP contribution in [0, 0.1) is 20.2 Å². The fourth-order valence-electron chi connectivity index (χ4n) is 1.38. The SMILES string of the molecule is O=CNc1ccccc1.O=[N+]([O-])c1ccccc1[N+](=O)[O-]. The minimum absolute atomic E-state index is 0.484. The van der Waals surface area contributed by atoms with Gasteiger partial charge in [-0.2, -0.15) is 0 Å². The van der Waals surface area contributed by atoms with Crippen molar-refractivity contribution >= 4 is 23.5 Å². The minimum atomic E-state index is -0.780. The zero-order valence-electron chi connectivity index (χ0n) is 10.7. The van der Waals surface area contributed by atoms with Gasteiger partial charge in [-0.15, -0.1) is 0 Å². The van der Waals surface area contributed by atoms with Crippen LogP contribution in [0.5, 0.6) is 0 Å². The lowest BCUT2D eigenvalue weighted by Gasteiger charge is -1.93. The zero-order chi connectivity index (χ0) is 15.7. The number of rotatable bonds is 4. The van der Waals surface area contributed by atoms with Gasteiger partial charge in [0.2, 0.25) is 6.41 Å². The van der Waals surface area contributed by atoms with E-state index in [9.17, 15) is 25.0 Å². The molecule has 0 aliphatic rings. The Kier molecular flexibility index (Phi) is 6.00. The Morgan fingerprint density at radius 2 is 1.24 bits per heavy atom. The second-order valence-corrected chi connectivity index (χ2v) is 3.63. The number of carbonyl (C=O) groups excluding carboxylic acids is 1. The molecule has 21 heavy (non-hydrogen) atoms. The van der Waals surface area contributed by atoms with Crippen molar-refractivity contribution < 1.29 is 14.6 Å². The molecule has 1 amide bonds. The van der Waals surface area contributed by atoms with Crippen molar-refractivity contribution in [2.75, 3.05) is 5.32 Å². The molecule has 0 aliphatic heterocycles. The number of nitro groups is 2. The average molecular weight is 289 g/mol. The van der Waals surface area contributed by atoms with Gasteiger partial charge in [-0.3, -0.25) is 25.0 Å². The van der Waals surface area contributed by atoms with Crippen LogP contribution in [0.1, 0.15) is 0 Å². The van der Waals surface area contributed by atoms with Crippen LogP contribution in [0.3, 0.4) is 0 Å². The lowest BCUT2D eigenvalue weighted by molar-refractivity contribution is -0.422. The molecule has 8 nitrogen and oxygen atoms in total. The molecule has 0 saturated carbocycles. The van der Waals surface area contributed by atoms with Crippen LogP contribution in [0.25, 0.3) is 0 Å². The van der Waals surface area contributed by atoms with E-state index in [-0.39, 0.29) is 0 Å². The first kappa shape index (κ1) is 15.8. The number of para-hydroxylation sites is 3. The van der Waals surface area contributed by atoms with E-state index in [1.54, 1.807) is 0 Å². The summed E-state index contributed by atoms with van der Waals surface area (Å²) in [4.78, 5) is 28.8. The Hall–Kier alpha value is -3.29. The maximum atomic E-state index is 10.2. The Morgan fingerprint density at radius 1 is 0.810 bits per heavy atom. The second-order valence-electron chi connectivity index (χ2n) is 3.63. The summed E-state index contributed by atoms with van der Waals surface area (Å²) in [5, 5.41) is 23.0. The topological polar surface area (TPSA) is 115 Å². The Labute approximate surface area is 119 Å². The molecule has 2 aromatic carbocycles. The monoisotopic (exact) mass is 289 g/mol. The van der Waals surface area contributed by atoms with E-state index < -0.39 is 21.2 Å². The molecule has 0 bridgehead atoms. The lowest BCUT2D eigenvalue weighted by atomic mass is 10.3. The summed E-state index contributed by atoms with van der Waals surface area (Å²) < 4.78 is 0. The average Bonchev–Trinajstić information content (AvgIpc) is 2.49. The standard InChI is InChI=1S/C7H7NO.C6H4N2O4/c9-6-8-7-4-2-1-3-5-7;9-7(10)5-3-1-2-4-6(5)8(11)12/h1-6H,(H,8,9);1-4H. The van der Waals surface area contributed by atoms with Gasteiger partial charge in [0.1, 0.15) is 0 Å². The van der Waals surface area contributed by atoms with Gasteiger partial charge < -0.3 is 5.32 Å². The largest absolute Gasteiger partial charge is 0.346 e. The molecule has 0 saturated heterocycles. The molecule has 0 aromatic heterocycles. The Morgan fingerprint density at radius 3 is 1.62 bits per heavy atom. The quantitative estimate of drug-likeness (QED) is 0.527. The van der Waals surface area contributed by atoms with Gasteiger partial charge in [0.15, 0.2) is 0 Å². The predicted molar refractivity (Wildman–Crippen MR) is 75.9 cm³/mol. The number of nitrogens with zero attached hydrogens (tertiary/aromatic N) is 2. The molecule has 2 rings (SSSR count). The zero-order valence-corrected chi connectivity index (χ0v) is 10.7. The van der Waals surface area contributed by atoms with Gasteiger partial charge in [0.25, 0.3) is 0 Å². The smallest absolute Gasteiger partial charge is 0.329 e. The van der Waals surface area contributed by atoms with Gasteiger partial charge in [0, 0.05) is 17.8 Å². The Bertz CT molecular complexity index is 598. The number of anilines is 1. The first-order valence-electron chi connectivity index (χ1n) is 5.69. The van der Waals surface area contributed by atoms with Crippen LogP contribution >= 0.6 is 0 Å². The number of nitro benzene ring substituents is 2. The summed E-state index contributed by atoms with van der Waals surface area (Å²) >= 11 is 0. The van der Waals surface area contributed by atoms with Gasteiger partial charge in [-0.25, -0.2) is 0 Å². The molecule has 0 heterocycles. The van der Waals surface area contributed by atoms with E-state index in [1.165, 1.54) is 12.1 Å². The van der Waals surface area contributed by atoms with E-state index in [0.29, 0.717) is 6.41 Å². The van der Waals surface area contributed by atoms with Crippen molar-refractivity contribution in [1.82, 2.24) is 0 Å². The lowest BCUT2D eigenvalue weighted by Crippen LogP contribution is -1.95. The molecule has 108 valence electrons. The highest BCUT2D eigenvalue weighted by Gasteiger charge is 2.21. The number of nitrogens with one attached hydrogen (secondary N) is 1. The first-order chi connectivity index (χ1) is 10.1. The molecule has 8 heteroatoms. The number of hydrogen-bond acceptors (Lipinski definition) is 5. The van der Waals surface area contributed by atoms with E-state index in [4.69, 9.17) is 0 Å². The summed E-state index contributed by atoms with van der Waals surface area (Å²) in [5.74, 6) is 0. The van der Waals surface area contributed by atoms with Crippen molar-refractivity contribution in [3.8, 4) is 0 Å². The summed E-state index contributed by atoms with van der Waals surface area (Å²) in [6, 6.07) is 14.2. The molecule has 0 spiro atoms. The third-order valence-electron chi connectivity index (χ3n) is 2.27. The molecular formula is C13H11N3O5. The maximum Gasteiger partial charge on any atom is 0.346 e.